The largest absolute Gasteiger partial charge is 0.494 e. The van der Waals surface area contributed by atoms with Crippen molar-refractivity contribution in [3.05, 3.63) is 77.9 Å². The predicted octanol–water partition coefficient (Wildman–Crippen LogP) is 6.77. The van der Waals surface area contributed by atoms with Crippen molar-refractivity contribution in [3.8, 4) is 5.75 Å². The zero-order valence-corrected chi connectivity index (χ0v) is 21.5. The number of carbonyl (C=O) groups excluding carboxylic acids is 2. The molecule has 0 saturated heterocycles. The van der Waals surface area contributed by atoms with Crippen LogP contribution in [0.2, 0.25) is 0 Å². The lowest BCUT2D eigenvalue weighted by Crippen LogP contribution is -2.24. The Kier molecular flexibility index (Phi) is 8.05. The second-order valence-electron chi connectivity index (χ2n) is 7.88. The number of thiazole rings is 1. The molecule has 35 heavy (non-hydrogen) atoms. The van der Waals surface area contributed by atoms with E-state index in [0.717, 1.165) is 26.4 Å². The van der Waals surface area contributed by atoms with Crippen molar-refractivity contribution in [1.82, 2.24) is 4.98 Å². The summed E-state index contributed by atoms with van der Waals surface area (Å²) in [5.74, 6) is 0.534. The van der Waals surface area contributed by atoms with Crippen LogP contribution in [0.15, 0.2) is 71.6 Å². The van der Waals surface area contributed by atoms with Crippen LogP contribution in [0.3, 0.4) is 0 Å². The van der Waals surface area contributed by atoms with Gasteiger partial charge in [0.05, 0.1) is 22.1 Å². The topological polar surface area (TPSA) is 80.3 Å². The summed E-state index contributed by atoms with van der Waals surface area (Å²) in [6, 6.07) is 20.8. The second-order valence-corrected chi connectivity index (χ2v) is 10.2. The lowest BCUT2D eigenvalue weighted by atomic mass is 10.1. The van der Waals surface area contributed by atoms with E-state index < -0.39 is 0 Å². The number of nitrogens with one attached hydrogen (secondary N) is 2. The molecular formula is C27H27N3O3S2. The molecule has 2 amide bonds. The minimum Gasteiger partial charge on any atom is -0.494 e. The van der Waals surface area contributed by atoms with Gasteiger partial charge in [0.25, 0.3) is 5.91 Å². The maximum Gasteiger partial charge on any atom is 0.255 e. The third kappa shape index (κ3) is 6.21. The summed E-state index contributed by atoms with van der Waals surface area (Å²) >= 11 is 2.89. The fourth-order valence-corrected chi connectivity index (χ4v) is 5.47. The van der Waals surface area contributed by atoms with Gasteiger partial charge >= 0.3 is 0 Å². The minimum atomic E-state index is -0.302. The first kappa shape index (κ1) is 24.8. The van der Waals surface area contributed by atoms with Crippen LogP contribution in [0.1, 0.15) is 36.2 Å². The Balaban J connectivity index is 1.42. The minimum absolute atomic E-state index is 0.101. The Hall–Kier alpha value is -3.36. The second kappa shape index (κ2) is 11.4. The van der Waals surface area contributed by atoms with E-state index in [1.165, 1.54) is 23.1 Å². The number of amides is 2. The van der Waals surface area contributed by atoms with Gasteiger partial charge in [0.1, 0.15) is 5.75 Å². The molecule has 1 heterocycles. The number of rotatable bonds is 9. The molecular weight excluding hydrogens is 478 g/mol. The van der Waals surface area contributed by atoms with Gasteiger partial charge in [0.15, 0.2) is 5.13 Å². The first-order chi connectivity index (χ1) is 17.0. The average molecular weight is 506 g/mol. The highest BCUT2D eigenvalue weighted by atomic mass is 32.2. The van der Waals surface area contributed by atoms with Crippen molar-refractivity contribution in [1.29, 1.82) is 0 Å². The number of ether oxygens (including phenoxy) is 1. The van der Waals surface area contributed by atoms with Crippen LogP contribution >= 0.6 is 23.1 Å². The maximum atomic E-state index is 13.0. The Morgan fingerprint density at radius 1 is 1.03 bits per heavy atom. The van der Waals surface area contributed by atoms with Crippen LogP contribution in [-0.2, 0) is 4.79 Å². The molecule has 0 aliphatic rings. The van der Waals surface area contributed by atoms with Gasteiger partial charge in [0, 0.05) is 16.1 Å². The number of anilines is 2. The molecule has 2 N–H and O–H groups in total. The summed E-state index contributed by atoms with van der Waals surface area (Å²) in [7, 11) is 0. The van der Waals surface area contributed by atoms with Crippen LogP contribution in [0.25, 0.3) is 10.2 Å². The number of thioether (sulfide) groups is 1. The van der Waals surface area contributed by atoms with Crippen molar-refractivity contribution in [2.75, 3.05) is 17.2 Å². The zero-order chi connectivity index (χ0) is 24.8. The molecule has 4 rings (SSSR count). The molecule has 1 aromatic heterocycles. The van der Waals surface area contributed by atoms with Gasteiger partial charge in [-0.2, -0.15) is 0 Å². The first-order valence-electron chi connectivity index (χ1n) is 11.4. The number of fused-ring (bicyclic) bond motifs is 1. The molecule has 4 aromatic rings. The van der Waals surface area contributed by atoms with Crippen molar-refractivity contribution in [2.24, 2.45) is 0 Å². The molecule has 0 saturated carbocycles. The molecule has 6 nitrogen and oxygen atoms in total. The summed E-state index contributed by atoms with van der Waals surface area (Å²) < 4.78 is 6.51. The summed E-state index contributed by atoms with van der Waals surface area (Å²) in [4.78, 5) is 31.1. The fraction of sp³-hybridized carbons (Fsp3) is 0.222. The molecule has 0 radical (unpaired) electrons. The van der Waals surface area contributed by atoms with E-state index >= 15 is 0 Å². The van der Waals surface area contributed by atoms with Gasteiger partial charge in [-0.05, 0) is 68.3 Å². The highest BCUT2D eigenvalue weighted by molar-refractivity contribution is 8.00. The molecule has 0 aliphatic carbocycles. The van der Waals surface area contributed by atoms with E-state index in [2.05, 4.69) is 15.6 Å². The zero-order valence-electron chi connectivity index (χ0n) is 19.8. The molecule has 0 fully saturated rings. The van der Waals surface area contributed by atoms with E-state index in [4.69, 9.17) is 4.74 Å². The SMILES string of the molecule is CCOc1ccc2nc(NC(=O)C(CC)Sc3cccc(NC(=O)c4ccccc4C)c3)sc2c1. The molecule has 0 bridgehead atoms. The van der Waals surface area contributed by atoms with Gasteiger partial charge in [-0.25, -0.2) is 4.98 Å². The van der Waals surface area contributed by atoms with Crippen molar-refractivity contribution in [2.45, 2.75) is 37.3 Å². The van der Waals surface area contributed by atoms with Crippen LogP contribution in [0, 0.1) is 6.92 Å². The number of hydrogen-bond donors (Lipinski definition) is 2. The number of nitrogens with zero attached hydrogens (tertiary/aromatic N) is 1. The van der Waals surface area contributed by atoms with E-state index in [9.17, 15) is 9.59 Å². The van der Waals surface area contributed by atoms with Crippen LogP contribution < -0.4 is 15.4 Å². The fourth-order valence-electron chi connectivity index (χ4n) is 3.56. The molecule has 1 atom stereocenters. The third-order valence-electron chi connectivity index (χ3n) is 5.32. The normalized spacial score (nSPS) is 11.7. The Bertz CT molecular complexity index is 1350. The molecule has 180 valence electrons. The molecule has 3 aromatic carbocycles. The van der Waals surface area contributed by atoms with Gasteiger partial charge in [-0.3, -0.25) is 9.59 Å². The van der Waals surface area contributed by atoms with Crippen molar-refractivity contribution >= 4 is 55.9 Å². The Labute approximate surface area is 213 Å². The summed E-state index contributed by atoms with van der Waals surface area (Å²) in [5.41, 5.74) is 3.07. The average Bonchev–Trinajstić information content (AvgIpc) is 3.24. The van der Waals surface area contributed by atoms with E-state index in [-0.39, 0.29) is 17.1 Å². The smallest absolute Gasteiger partial charge is 0.255 e. The number of carbonyl (C=O) groups is 2. The highest BCUT2D eigenvalue weighted by Gasteiger charge is 2.20. The van der Waals surface area contributed by atoms with E-state index in [1.807, 2.05) is 81.4 Å². The monoisotopic (exact) mass is 505 g/mol. The number of aromatic nitrogens is 1. The molecule has 1 unspecified atom stereocenters. The lowest BCUT2D eigenvalue weighted by molar-refractivity contribution is -0.115. The number of hydrogen-bond acceptors (Lipinski definition) is 6. The van der Waals surface area contributed by atoms with Gasteiger partial charge < -0.3 is 15.4 Å². The van der Waals surface area contributed by atoms with E-state index in [0.29, 0.717) is 29.4 Å². The lowest BCUT2D eigenvalue weighted by Gasteiger charge is -2.14. The Morgan fingerprint density at radius 3 is 2.63 bits per heavy atom. The summed E-state index contributed by atoms with van der Waals surface area (Å²) in [5, 5.41) is 6.19. The highest BCUT2D eigenvalue weighted by Crippen LogP contribution is 2.32. The first-order valence-corrected chi connectivity index (χ1v) is 13.1. The van der Waals surface area contributed by atoms with Gasteiger partial charge in [0.2, 0.25) is 5.91 Å². The molecule has 0 aliphatic heterocycles. The predicted molar refractivity (Wildman–Crippen MR) is 145 cm³/mol. The number of aryl methyl sites for hydroxylation is 1. The molecule has 8 heteroatoms. The number of benzene rings is 3. The van der Waals surface area contributed by atoms with Crippen LogP contribution in [0.5, 0.6) is 5.75 Å². The maximum absolute atomic E-state index is 13.0. The van der Waals surface area contributed by atoms with E-state index in [1.54, 1.807) is 6.07 Å². The third-order valence-corrected chi connectivity index (χ3v) is 7.62. The molecule has 0 spiro atoms. The van der Waals surface area contributed by atoms with Gasteiger partial charge in [-0.1, -0.05) is 42.5 Å². The van der Waals surface area contributed by atoms with Crippen LogP contribution in [0.4, 0.5) is 10.8 Å². The standard InChI is InChI=1S/C27H27N3O3S2/c1-4-23(26(32)30-27-29-22-14-13-19(33-5-2)16-24(22)35-27)34-20-11-8-10-18(15-20)28-25(31)21-12-7-6-9-17(21)3/h6-16,23H,4-5H2,1-3H3,(H,28,31)(H,29,30,32). The Morgan fingerprint density at radius 2 is 1.86 bits per heavy atom. The van der Waals surface area contributed by atoms with Gasteiger partial charge in [-0.15, -0.1) is 11.8 Å². The van der Waals surface area contributed by atoms with Crippen molar-refractivity contribution in [3.63, 3.8) is 0 Å². The van der Waals surface area contributed by atoms with Crippen molar-refractivity contribution < 1.29 is 14.3 Å². The quantitative estimate of drug-likeness (QED) is 0.246. The summed E-state index contributed by atoms with van der Waals surface area (Å²) in [6.07, 6.45) is 0.648. The summed E-state index contributed by atoms with van der Waals surface area (Å²) in [6.45, 7) is 6.43. The van der Waals surface area contributed by atoms with Crippen LogP contribution in [-0.4, -0.2) is 28.7 Å².